The lowest BCUT2D eigenvalue weighted by molar-refractivity contribution is -0.180. The minimum atomic E-state index is -4.49. The molecule has 3 aromatic rings. The van der Waals surface area contributed by atoms with Crippen molar-refractivity contribution in [2.75, 3.05) is 0 Å². The van der Waals surface area contributed by atoms with Gasteiger partial charge in [0.2, 0.25) is 0 Å². The average molecular weight is 381 g/mol. The molecule has 0 amide bonds. The van der Waals surface area contributed by atoms with Gasteiger partial charge in [-0.05, 0) is 16.7 Å². The van der Waals surface area contributed by atoms with Crippen LogP contribution < -0.4 is 0 Å². The number of rotatable bonds is 4. The zero-order valence-corrected chi connectivity index (χ0v) is 14.9. The Balaban J connectivity index is 1.93. The first-order chi connectivity index (χ1) is 13.5. The molecule has 2 atom stereocenters. The van der Waals surface area contributed by atoms with Gasteiger partial charge in [-0.1, -0.05) is 78.9 Å². The van der Waals surface area contributed by atoms with Gasteiger partial charge in [0.25, 0.3) is 0 Å². The van der Waals surface area contributed by atoms with Gasteiger partial charge in [-0.3, -0.25) is 0 Å². The highest BCUT2D eigenvalue weighted by Crippen LogP contribution is 2.56. The second-order valence-electron chi connectivity index (χ2n) is 6.77. The summed E-state index contributed by atoms with van der Waals surface area (Å²) >= 11 is 0. The molecular formula is C22H18F3N3. The predicted molar refractivity (Wildman–Crippen MR) is 101 cm³/mol. The molecule has 2 unspecified atom stereocenters. The van der Waals surface area contributed by atoms with Gasteiger partial charge < -0.3 is 0 Å². The number of aromatic nitrogens is 3. The molecule has 0 radical (unpaired) electrons. The Labute approximate surface area is 160 Å². The van der Waals surface area contributed by atoms with Gasteiger partial charge in [0, 0.05) is 5.92 Å². The molecule has 1 aliphatic carbocycles. The highest BCUT2D eigenvalue weighted by Gasteiger charge is 2.60. The molecular weight excluding hydrogens is 363 g/mol. The van der Waals surface area contributed by atoms with E-state index in [-0.39, 0.29) is 12.1 Å². The Bertz CT molecular complexity index is 977. The summed E-state index contributed by atoms with van der Waals surface area (Å²) in [7, 11) is 0. The molecule has 6 heteroatoms. The fraction of sp³-hybridized carbons (Fsp3) is 0.182. The second-order valence-corrected chi connectivity index (χ2v) is 6.77. The van der Waals surface area contributed by atoms with E-state index in [1.54, 1.807) is 71.4 Å². The Hall–Kier alpha value is -3.15. The molecule has 0 bridgehead atoms. The summed E-state index contributed by atoms with van der Waals surface area (Å²) in [5.41, 5.74) is -0.711. The molecule has 3 nitrogen and oxygen atoms in total. The highest BCUT2D eigenvalue weighted by atomic mass is 19.4. The first-order valence-corrected chi connectivity index (χ1v) is 8.90. The van der Waals surface area contributed by atoms with Gasteiger partial charge in [0.05, 0.1) is 6.54 Å². The highest BCUT2D eigenvalue weighted by molar-refractivity contribution is 5.50. The molecule has 28 heavy (non-hydrogen) atoms. The van der Waals surface area contributed by atoms with Crippen molar-refractivity contribution >= 4 is 0 Å². The van der Waals surface area contributed by atoms with E-state index in [1.807, 2.05) is 0 Å². The third kappa shape index (κ3) is 3.05. The van der Waals surface area contributed by atoms with E-state index in [1.165, 1.54) is 24.8 Å². The van der Waals surface area contributed by atoms with Crippen LogP contribution >= 0.6 is 0 Å². The summed E-state index contributed by atoms with van der Waals surface area (Å²) < 4.78 is 45.8. The van der Waals surface area contributed by atoms with Crippen LogP contribution in [0.4, 0.5) is 13.2 Å². The summed E-state index contributed by atoms with van der Waals surface area (Å²) in [6.07, 6.45) is 2.94. The molecule has 0 aliphatic heterocycles. The SMILES string of the molecule is FC(F)(F)C1(c2ccccc2)C=CC=C(Cn2cncn2)C1c1ccccc1. The van der Waals surface area contributed by atoms with Crippen LogP contribution in [0.3, 0.4) is 0 Å². The smallest absolute Gasteiger partial charge is 0.249 e. The molecule has 0 N–H and O–H groups in total. The van der Waals surface area contributed by atoms with Crippen molar-refractivity contribution in [3.63, 3.8) is 0 Å². The molecule has 0 saturated heterocycles. The summed E-state index contributed by atoms with van der Waals surface area (Å²) in [5.74, 6) is -0.912. The van der Waals surface area contributed by atoms with Gasteiger partial charge in [-0.25, -0.2) is 9.67 Å². The lowest BCUT2D eigenvalue weighted by Gasteiger charge is -2.43. The van der Waals surface area contributed by atoms with Crippen molar-refractivity contribution in [1.29, 1.82) is 0 Å². The van der Waals surface area contributed by atoms with Crippen LogP contribution in [-0.2, 0) is 12.0 Å². The maximum Gasteiger partial charge on any atom is 0.402 e. The Morgan fingerprint density at radius 2 is 1.64 bits per heavy atom. The van der Waals surface area contributed by atoms with Gasteiger partial charge in [-0.2, -0.15) is 18.3 Å². The maximum absolute atomic E-state index is 14.8. The maximum atomic E-state index is 14.8. The molecule has 0 spiro atoms. The van der Waals surface area contributed by atoms with Crippen molar-refractivity contribution in [1.82, 2.24) is 14.8 Å². The van der Waals surface area contributed by atoms with E-state index < -0.39 is 17.5 Å². The molecule has 142 valence electrons. The number of nitrogens with zero attached hydrogens (tertiary/aromatic N) is 3. The number of alkyl halides is 3. The summed E-state index contributed by atoms with van der Waals surface area (Å²) in [6, 6.07) is 17.0. The number of hydrogen-bond donors (Lipinski definition) is 0. The van der Waals surface area contributed by atoms with Crippen LogP contribution in [0.2, 0.25) is 0 Å². The molecule has 1 aliphatic rings. The Kier molecular flexibility index (Phi) is 4.63. The first kappa shape index (κ1) is 18.2. The molecule has 4 rings (SSSR count). The zero-order valence-electron chi connectivity index (χ0n) is 14.9. The zero-order chi connectivity index (χ0) is 19.6. The largest absolute Gasteiger partial charge is 0.402 e. The van der Waals surface area contributed by atoms with Crippen LogP contribution in [0.5, 0.6) is 0 Å². The number of benzene rings is 2. The Morgan fingerprint density at radius 3 is 2.25 bits per heavy atom. The summed E-state index contributed by atoms with van der Waals surface area (Å²) in [4.78, 5) is 3.91. The fourth-order valence-electron chi connectivity index (χ4n) is 3.97. The van der Waals surface area contributed by atoms with Crippen LogP contribution in [0.1, 0.15) is 17.0 Å². The molecule has 2 aromatic carbocycles. The van der Waals surface area contributed by atoms with Crippen molar-refractivity contribution in [2.24, 2.45) is 0 Å². The average Bonchev–Trinajstić information content (AvgIpc) is 3.21. The number of halogens is 3. The van der Waals surface area contributed by atoms with E-state index in [2.05, 4.69) is 10.1 Å². The predicted octanol–water partition coefficient (Wildman–Crippen LogP) is 5.06. The van der Waals surface area contributed by atoms with Crippen LogP contribution in [0.15, 0.2) is 97.1 Å². The van der Waals surface area contributed by atoms with Crippen molar-refractivity contribution in [2.45, 2.75) is 24.1 Å². The van der Waals surface area contributed by atoms with Gasteiger partial charge in [-0.15, -0.1) is 0 Å². The van der Waals surface area contributed by atoms with Crippen LogP contribution in [0, 0.1) is 0 Å². The van der Waals surface area contributed by atoms with Crippen LogP contribution in [0.25, 0.3) is 0 Å². The Morgan fingerprint density at radius 1 is 0.964 bits per heavy atom. The van der Waals surface area contributed by atoms with E-state index in [9.17, 15) is 13.2 Å². The molecule has 1 heterocycles. The van der Waals surface area contributed by atoms with Crippen molar-refractivity contribution in [3.8, 4) is 0 Å². The summed E-state index contributed by atoms with van der Waals surface area (Å²) in [6.45, 7) is 0.231. The van der Waals surface area contributed by atoms with Gasteiger partial charge in [0.15, 0.2) is 0 Å². The van der Waals surface area contributed by atoms with Crippen molar-refractivity contribution < 1.29 is 13.2 Å². The van der Waals surface area contributed by atoms with Crippen LogP contribution in [-0.4, -0.2) is 20.9 Å². The third-order valence-electron chi connectivity index (χ3n) is 5.16. The topological polar surface area (TPSA) is 30.7 Å². The van der Waals surface area contributed by atoms with E-state index in [0.29, 0.717) is 11.1 Å². The standard InChI is InChI=1S/C22H18F3N3/c23-22(24,25)21(19-11-5-2-6-12-19)13-7-10-18(14-28-16-26-15-27-28)20(21)17-8-3-1-4-9-17/h1-13,15-16,20H,14H2. The summed E-state index contributed by atoms with van der Waals surface area (Å²) in [5, 5.41) is 4.08. The molecule has 1 aromatic heterocycles. The van der Waals surface area contributed by atoms with E-state index in [4.69, 9.17) is 0 Å². The lowest BCUT2D eigenvalue weighted by atomic mass is 9.62. The lowest BCUT2D eigenvalue weighted by Crippen LogP contribution is -2.48. The fourth-order valence-corrected chi connectivity index (χ4v) is 3.97. The molecule has 0 fully saturated rings. The first-order valence-electron chi connectivity index (χ1n) is 8.90. The second kappa shape index (κ2) is 7.11. The monoisotopic (exact) mass is 381 g/mol. The minimum absolute atomic E-state index is 0.219. The normalized spacial score (nSPS) is 22.1. The minimum Gasteiger partial charge on any atom is -0.249 e. The quantitative estimate of drug-likeness (QED) is 0.633. The van der Waals surface area contributed by atoms with Gasteiger partial charge in [0.1, 0.15) is 18.1 Å². The number of allylic oxidation sites excluding steroid dienone is 4. The van der Waals surface area contributed by atoms with Crippen molar-refractivity contribution in [3.05, 3.63) is 108 Å². The number of hydrogen-bond acceptors (Lipinski definition) is 2. The van der Waals surface area contributed by atoms with E-state index >= 15 is 0 Å². The molecule has 0 saturated carbocycles. The van der Waals surface area contributed by atoms with E-state index in [0.717, 1.165) is 0 Å². The third-order valence-corrected chi connectivity index (χ3v) is 5.16. The van der Waals surface area contributed by atoms with Gasteiger partial charge >= 0.3 is 6.18 Å².